The highest BCUT2D eigenvalue weighted by Crippen LogP contribution is 2.38. The van der Waals surface area contributed by atoms with E-state index >= 15 is 0 Å². The highest BCUT2D eigenvalue weighted by molar-refractivity contribution is 8.00. The van der Waals surface area contributed by atoms with Crippen molar-refractivity contribution in [2.24, 2.45) is 0 Å². The fourth-order valence-electron chi connectivity index (χ4n) is 2.30. The zero-order valence-corrected chi connectivity index (χ0v) is 15.1. The molecule has 0 bridgehead atoms. The maximum Gasteiger partial charge on any atom is 0.234 e. The third kappa shape index (κ3) is 3.97. The second-order valence-corrected chi connectivity index (χ2v) is 7.01. The van der Waals surface area contributed by atoms with Gasteiger partial charge < -0.3 is 14.8 Å². The zero-order chi connectivity index (χ0) is 17.1. The van der Waals surface area contributed by atoms with Crippen LogP contribution < -0.4 is 14.8 Å². The standard InChI is InChI=1S/C18H18ClNO3S/c1-11-3-4-13(7-12(11)2)24-10-18(21)20-15-9-17-16(8-14(15)19)22-5-6-23-17/h3-4,7-9H,5-6,10H2,1-2H3,(H,20,21). The molecular weight excluding hydrogens is 346 g/mol. The number of amides is 1. The molecule has 24 heavy (non-hydrogen) atoms. The van der Waals surface area contributed by atoms with E-state index in [1.807, 2.05) is 6.07 Å². The molecule has 2 aromatic carbocycles. The SMILES string of the molecule is Cc1ccc(SCC(=O)Nc2cc3c(cc2Cl)OCCO3)cc1C. The van der Waals surface area contributed by atoms with Crippen LogP contribution in [0.25, 0.3) is 0 Å². The van der Waals surface area contributed by atoms with Gasteiger partial charge >= 0.3 is 0 Å². The summed E-state index contributed by atoms with van der Waals surface area (Å²) in [7, 11) is 0. The topological polar surface area (TPSA) is 47.6 Å². The molecule has 1 amide bonds. The van der Waals surface area contributed by atoms with Crippen LogP contribution in [0.3, 0.4) is 0 Å². The molecule has 0 radical (unpaired) electrons. The Bertz CT molecular complexity index is 779. The van der Waals surface area contributed by atoms with Crippen LogP contribution in [0.2, 0.25) is 5.02 Å². The average Bonchev–Trinajstić information content (AvgIpc) is 2.56. The van der Waals surface area contributed by atoms with E-state index in [4.69, 9.17) is 21.1 Å². The van der Waals surface area contributed by atoms with Crippen molar-refractivity contribution in [1.82, 2.24) is 0 Å². The van der Waals surface area contributed by atoms with Gasteiger partial charge in [-0.15, -0.1) is 11.8 Å². The maximum absolute atomic E-state index is 12.2. The van der Waals surface area contributed by atoms with Gasteiger partial charge in [-0.1, -0.05) is 17.7 Å². The van der Waals surface area contributed by atoms with Crippen LogP contribution in [-0.4, -0.2) is 24.9 Å². The molecule has 0 fully saturated rings. The lowest BCUT2D eigenvalue weighted by Crippen LogP contribution is -2.17. The van der Waals surface area contributed by atoms with Gasteiger partial charge in [0.15, 0.2) is 11.5 Å². The highest BCUT2D eigenvalue weighted by atomic mass is 35.5. The number of benzene rings is 2. The Labute approximate surface area is 150 Å². The fraction of sp³-hybridized carbons (Fsp3) is 0.278. The van der Waals surface area contributed by atoms with Crippen LogP contribution in [-0.2, 0) is 4.79 Å². The van der Waals surface area contributed by atoms with E-state index < -0.39 is 0 Å². The number of carbonyl (C=O) groups excluding carboxylic acids is 1. The molecule has 126 valence electrons. The third-order valence-electron chi connectivity index (χ3n) is 3.75. The first-order valence-corrected chi connectivity index (χ1v) is 8.98. The molecule has 3 rings (SSSR count). The van der Waals surface area contributed by atoms with Crippen LogP contribution in [0.4, 0.5) is 5.69 Å². The van der Waals surface area contributed by atoms with Crippen LogP contribution in [0.1, 0.15) is 11.1 Å². The summed E-state index contributed by atoms with van der Waals surface area (Å²) in [4.78, 5) is 13.3. The van der Waals surface area contributed by atoms with Crippen molar-refractivity contribution in [2.45, 2.75) is 18.7 Å². The minimum atomic E-state index is -0.114. The van der Waals surface area contributed by atoms with E-state index in [2.05, 4.69) is 31.3 Å². The number of carbonyl (C=O) groups is 1. The van der Waals surface area contributed by atoms with Gasteiger partial charge in [0.1, 0.15) is 13.2 Å². The summed E-state index contributed by atoms with van der Waals surface area (Å²) >= 11 is 7.70. The van der Waals surface area contributed by atoms with Gasteiger partial charge in [0.25, 0.3) is 0 Å². The van der Waals surface area contributed by atoms with Crippen molar-refractivity contribution in [3.63, 3.8) is 0 Å². The average molecular weight is 364 g/mol. The van der Waals surface area contributed by atoms with Crippen molar-refractivity contribution >= 4 is 35.0 Å². The quantitative estimate of drug-likeness (QED) is 0.815. The molecule has 6 heteroatoms. The predicted molar refractivity (Wildman–Crippen MR) is 97.7 cm³/mol. The molecule has 0 aliphatic carbocycles. The molecule has 0 aromatic heterocycles. The number of anilines is 1. The number of hydrogen-bond donors (Lipinski definition) is 1. The fourth-order valence-corrected chi connectivity index (χ4v) is 3.29. The van der Waals surface area contributed by atoms with Gasteiger partial charge in [0.05, 0.1) is 16.5 Å². The Morgan fingerprint density at radius 1 is 1.12 bits per heavy atom. The second-order valence-electron chi connectivity index (χ2n) is 5.56. The van der Waals surface area contributed by atoms with Crippen molar-refractivity contribution in [1.29, 1.82) is 0 Å². The Morgan fingerprint density at radius 2 is 1.83 bits per heavy atom. The number of ether oxygens (including phenoxy) is 2. The highest BCUT2D eigenvalue weighted by Gasteiger charge is 2.16. The number of aryl methyl sites for hydroxylation is 2. The molecule has 2 aromatic rings. The van der Waals surface area contributed by atoms with E-state index in [9.17, 15) is 4.79 Å². The molecule has 0 spiro atoms. The van der Waals surface area contributed by atoms with Crippen LogP contribution in [0, 0.1) is 13.8 Å². The third-order valence-corrected chi connectivity index (χ3v) is 5.06. The van der Waals surface area contributed by atoms with E-state index in [1.165, 1.54) is 22.9 Å². The lowest BCUT2D eigenvalue weighted by atomic mass is 10.1. The number of fused-ring (bicyclic) bond motifs is 1. The molecule has 1 heterocycles. The predicted octanol–water partition coefficient (Wildman–Crippen LogP) is 4.46. The van der Waals surface area contributed by atoms with Crippen LogP contribution in [0.5, 0.6) is 11.5 Å². The van der Waals surface area contributed by atoms with Gasteiger partial charge in [0.2, 0.25) is 5.91 Å². The first kappa shape index (κ1) is 17.0. The van der Waals surface area contributed by atoms with Crippen LogP contribution >= 0.6 is 23.4 Å². The molecule has 1 N–H and O–H groups in total. The molecule has 1 aliphatic heterocycles. The largest absolute Gasteiger partial charge is 0.486 e. The summed E-state index contributed by atoms with van der Waals surface area (Å²) in [6.07, 6.45) is 0. The molecule has 0 unspecified atom stereocenters. The summed E-state index contributed by atoms with van der Waals surface area (Å²) < 4.78 is 11.0. The smallest absolute Gasteiger partial charge is 0.234 e. The minimum absolute atomic E-state index is 0.114. The lowest BCUT2D eigenvalue weighted by Gasteiger charge is -2.20. The Kier molecular flexibility index (Phi) is 5.21. The first-order chi connectivity index (χ1) is 11.5. The Morgan fingerprint density at radius 3 is 2.54 bits per heavy atom. The molecule has 0 atom stereocenters. The number of nitrogens with one attached hydrogen (secondary N) is 1. The molecule has 1 aliphatic rings. The van der Waals surface area contributed by atoms with Gasteiger partial charge in [0, 0.05) is 17.0 Å². The zero-order valence-electron chi connectivity index (χ0n) is 13.5. The molecule has 4 nitrogen and oxygen atoms in total. The maximum atomic E-state index is 12.2. The summed E-state index contributed by atoms with van der Waals surface area (Å²) in [6.45, 7) is 5.13. The van der Waals surface area contributed by atoms with Gasteiger partial charge in [-0.05, 0) is 37.1 Å². The molecule has 0 saturated carbocycles. The van der Waals surface area contributed by atoms with Crippen molar-refractivity contribution in [2.75, 3.05) is 24.3 Å². The summed E-state index contributed by atoms with van der Waals surface area (Å²) in [5, 5.41) is 3.26. The van der Waals surface area contributed by atoms with Gasteiger partial charge in [-0.3, -0.25) is 4.79 Å². The van der Waals surface area contributed by atoms with E-state index in [1.54, 1.807) is 12.1 Å². The summed E-state index contributed by atoms with van der Waals surface area (Å²) in [5.74, 6) is 1.40. The van der Waals surface area contributed by atoms with Crippen molar-refractivity contribution in [3.8, 4) is 11.5 Å². The number of thioether (sulfide) groups is 1. The lowest BCUT2D eigenvalue weighted by molar-refractivity contribution is -0.113. The molecular formula is C18H18ClNO3S. The van der Waals surface area contributed by atoms with Crippen LogP contribution in [0.15, 0.2) is 35.2 Å². The number of hydrogen-bond acceptors (Lipinski definition) is 4. The number of halogens is 1. The normalized spacial score (nSPS) is 12.8. The first-order valence-electron chi connectivity index (χ1n) is 7.62. The second kappa shape index (κ2) is 7.36. The van der Waals surface area contributed by atoms with Crippen molar-refractivity contribution < 1.29 is 14.3 Å². The summed E-state index contributed by atoms with van der Waals surface area (Å²) in [6, 6.07) is 9.55. The monoisotopic (exact) mass is 363 g/mol. The minimum Gasteiger partial charge on any atom is -0.486 e. The Hall–Kier alpha value is -1.85. The van der Waals surface area contributed by atoms with E-state index in [0.717, 1.165) is 4.90 Å². The van der Waals surface area contributed by atoms with E-state index in [0.29, 0.717) is 41.2 Å². The van der Waals surface area contributed by atoms with Crippen molar-refractivity contribution in [3.05, 3.63) is 46.5 Å². The molecule has 0 saturated heterocycles. The van der Waals surface area contributed by atoms with Gasteiger partial charge in [-0.25, -0.2) is 0 Å². The number of rotatable bonds is 4. The Balaban J connectivity index is 1.63. The van der Waals surface area contributed by atoms with Gasteiger partial charge in [-0.2, -0.15) is 0 Å². The summed E-state index contributed by atoms with van der Waals surface area (Å²) in [5.41, 5.74) is 2.99. The van der Waals surface area contributed by atoms with E-state index in [-0.39, 0.29) is 5.91 Å².